The SMILES string of the molecule is CCCn1nnc(CNC)c1C(F)F. The van der Waals surface area contributed by atoms with Gasteiger partial charge < -0.3 is 5.32 Å². The second-order valence-corrected chi connectivity index (χ2v) is 2.98. The van der Waals surface area contributed by atoms with Gasteiger partial charge in [-0.05, 0) is 13.5 Å². The largest absolute Gasteiger partial charge is 0.314 e. The van der Waals surface area contributed by atoms with Crippen LogP contribution in [0.1, 0.15) is 31.2 Å². The summed E-state index contributed by atoms with van der Waals surface area (Å²) in [5.74, 6) is 0. The van der Waals surface area contributed by atoms with Gasteiger partial charge in [-0.1, -0.05) is 12.1 Å². The van der Waals surface area contributed by atoms with Crippen LogP contribution in [-0.2, 0) is 13.1 Å². The van der Waals surface area contributed by atoms with Gasteiger partial charge >= 0.3 is 0 Å². The molecule has 0 bridgehead atoms. The first-order chi connectivity index (χ1) is 6.70. The Morgan fingerprint density at radius 1 is 1.50 bits per heavy atom. The molecule has 0 spiro atoms. The number of nitrogens with zero attached hydrogens (tertiary/aromatic N) is 3. The Balaban J connectivity index is 2.94. The lowest BCUT2D eigenvalue weighted by atomic mass is 10.3. The highest BCUT2D eigenvalue weighted by Gasteiger charge is 2.20. The highest BCUT2D eigenvalue weighted by Crippen LogP contribution is 2.21. The number of rotatable bonds is 5. The van der Waals surface area contributed by atoms with E-state index in [2.05, 4.69) is 15.6 Å². The Morgan fingerprint density at radius 2 is 2.21 bits per heavy atom. The summed E-state index contributed by atoms with van der Waals surface area (Å²) in [4.78, 5) is 0. The third-order valence-electron chi connectivity index (χ3n) is 1.83. The summed E-state index contributed by atoms with van der Waals surface area (Å²) in [6, 6.07) is 0. The molecule has 0 aromatic carbocycles. The summed E-state index contributed by atoms with van der Waals surface area (Å²) in [6.45, 7) is 2.72. The molecule has 0 radical (unpaired) electrons. The average molecular weight is 204 g/mol. The molecule has 80 valence electrons. The number of nitrogens with one attached hydrogen (secondary N) is 1. The number of hydrogen-bond acceptors (Lipinski definition) is 3. The second kappa shape index (κ2) is 4.99. The molecule has 1 aromatic heterocycles. The minimum atomic E-state index is -2.51. The van der Waals surface area contributed by atoms with Gasteiger partial charge in [-0.2, -0.15) is 0 Å². The quantitative estimate of drug-likeness (QED) is 0.787. The zero-order chi connectivity index (χ0) is 10.6. The van der Waals surface area contributed by atoms with Crippen molar-refractivity contribution < 1.29 is 8.78 Å². The van der Waals surface area contributed by atoms with E-state index < -0.39 is 6.43 Å². The Kier molecular flexibility index (Phi) is 3.94. The molecule has 6 heteroatoms. The molecule has 1 heterocycles. The van der Waals surface area contributed by atoms with E-state index in [9.17, 15) is 8.78 Å². The van der Waals surface area contributed by atoms with Gasteiger partial charge in [-0.3, -0.25) is 0 Å². The predicted octanol–water partition coefficient (Wildman–Crippen LogP) is 1.35. The maximum Gasteiger partial charge on any atom is 0.281 e. The minimum absolute atomic E-state index is 0.0683. The number of alkyl halides is 2. The van der Waals surface area contributed by atoms with Crippen LogP contribution in [0.5, 0.6) is 0 Å². The summed E-state index contributed by atoms with van der Waals surface area (Å²) >= 11 is 0. The topological polar surface area (TPSA) is 42.7 Å². The van der Waals surface area contributed by atoms with Gasteiger partial charge in [-0.15, -0.1) is 5.10 Å². The Labute approximate surface area is 81.3 Å². The molecule has 4 nitrogen and oxygen atoms in total. The fourth-order valence-electron chi connectivity index (χ4n) is 1.27. The van der Waals surface area contributed by atoms with Crippen molar-refractivity contribution in [3.63, 3.8) is 0 Å². The van der Waals surface area contributed by atoms with Gasteiger partial charge in [-0.25, -0.2) is 13.5 Å². The van der Waals surface area contributed by atoms with Crippen LogP contribution in [-0.4, -0.2) is 22.0 Å². The van der Waals surface area contributed by atoms with Crippen molar-refractivity contribution in [2.75, 3.05) is 7.05 Å². The molecule has 14 heavy (non-hydrogen) atoms. The van der Waals surface area contributed by atoms with Crippen molar-refractivity contribution >= 4 is 0 Å². The van der Waals surface area contributed by atoms with Crippen molar-refractivity contribution in [3.8, 4) is 0 Å². The average Bonchev–Trinajstić information content (AvgIpc) is 2.49. The van der Waals surface area contributed by atoms with E-state index in [0.29, 0.717) is 18.8 Å². The molecule has 1 rings (SSSR count). The highest BCUT2D eigenvalue weighted by molar-refractivity contribution is 5.11. The van der Waals surface area contributed by atoms with E-state index in [1.165, 1.54) is 4.68 Å². The van der Waals surface area contributed by atoms with Crippen LogP contribution in [0, 0.1) is 0 Å². The second-order valence-electron chi connectivity index (χ2n) is 2.98. The third kappa shape index (κ3) is 2.25. The number of aryl methyl sites for hydroxylation is 1. The standard InChI is InChI=1S/C8H14F2N4/c1-3-4-14-7(8(9)10)6(5-11-2)12-13-14/h8,11H,3-5H2,1-2H3. The van der Waals surface area contributed by atoms with E-state index in [0.717, 1.165) is 6.42 Å². The van der Waals surface area contributed by atoms with Crippen LogP contribution < -0.4 is 5.32 Å². The van der Waals surface area contributed by atoms with Crippen LogP contribution in [0.2, 0.25) is 0 Å². The van der Waals surface area contributed by atoms with Crippen LogP contribution in [0.4, 0.5) is 8.78 Å². The van der Waals surface area contributed by atoms with E-state index in [4.69, 9.17) is 0 Å². The molecule has 0 atom stereocenters. The van der Waals surface area contributed by atoms with Crippen LogP contribution in [0.15, 0.2) is 0 Å². The van der Waals surface area contributed by atoms with Gasteiger partial charge in [0, 0.05) is 13.1 Å². The molecular formula is C8H14F2N4. The molecular weight excluding hydrogens is 190 g/mol. The molecule has 0 unspecified atom stereocenters. The molecule has 1 aromatic rings. The first-order valence-electron chi connectivity index (χ1n) is 4.55. The molecule has 0 fully saturated rings. The maximum atomic E-state index is 12.6. The lowest BCUT2D eigenvalue weighted by molar-refractivity contribution is 0.137. The fourth-order valence-corrected chi connectivity index (χ4v) is 1.27. The molecule has 0 saturated carbocycles. The molecule has 1 N–H and O–H groups in total. The predicted molar refractivity (Wildman–Crippen MR) is 48.0 cm³/mol. The summed E-state index contributed by atoms with van der Waals surface area (Å²) < 4.78 is 26.6. The molecule has 0 amide bonds. The van der Waals surface area contributed by atoms with E-state index in [1.54, 1.807) is 7.05 Å². The first-order valence-corrected chi connectivity index (χ1v) is 4.55. The van der Waals surface area contributed by atoms with Crippen molar-refractivity contribution in [3.05, 3.63) is 11.4 Å². The first kappa shape index (κ1) is 11.0. The van der Waals surface area contributed by atoms with Crippen LogP contribution in [0.3, 0.4) is 0 Å². The Morgan fingerprint density at radius 3 is 2.71 bits per heavy atom. The summed E-state index contributed by atoms with van der Waals surface area (Å²) in [6.07, 6.45) is -1.75. The summed E-state index contributed by atoms with van der Waals surface area (Å²) in [5.41, 5.74) is 0.261. The minimum Gasteiger partial charge on any atom is -0.314 e. The van der Waals surface area contributed by atoms with Gasteiger partial charge in [0.15, 0.2) is 0 Å². The molecule has 0 aliphatic rings. The third-order valence-corrected chi connectivity index (χ3v) is 1.83. The fraction of sp³-hybridized carbons (Fsp3) is 0.750. The monoisotopic (exact) mass is 204 g/mol. The maximum absolute atomic E-state index is 12.6. The van der Waals surface area contributed by atoms with E-state index >= 15 is 0 Å². The highest BCUT2D eigenvalue weighted by atomic mass is 19.3. The Hall–Kier alpha value is -1.04. The van der Waals surface area contributed by atoms with E-state index in [1.807, 2.05) is 6.92 Å². The van der Waals surface area contributed by atoms with Crippen molar-refractivity contribution in [2.45, 2.75) is 32.9 Å². The van der Waals surface area contributed by atoms with Gasteiger partial charge in [0.05, 0.1) is 0 Å². The number of halogens is 2. The Bertz CT molecular complexity index is 261. The summed E-state index contributed by atoms with van der Waals surface area (Å²) in [5, 5.41) is 10.2. The van der Waals surface area contributed by atoms with Crippen LogP contribution in [0.25, 0.3) is 0 Å². The molecule has 0 aliphatic carbocycles. The van der Waals surface area contributed by atoms with Gasteiger partial charge in [0.2, 0.25) is 0 Å². The normalized spacial score (nSPS) is 11.2. The zero-order valence-electron chi connectivity index (χ0n) is 8.30. The zero-order valence-corrected chi connectivity index (χ0v) is 8.30. The lowest BCUT2D eigenvalue weighted by Crippen LogP contribution is -2.10. The van der Waals surface area contributed by atoms with Crippen molar-refractivity contribution in [2.24, 2.45) is 0 Å². The van der Waals surface area contributed by atoms with Gasteiger partial charge in [0.25, 0.3) is 6.43 Å². The molecule has 0 saturated heterocycles. The number of hydrogen-bond donors (Lipinski definition) is 1. The molecule has 0 aliphatic heterocycles. The summed E-state index contributed by atoms with van der Waals surface area (Å²) in [7, 11) is 1.69. The van der Waals surface area contributed by atoms with Crippen LogP contribution >= 0.6 is 0 Å². The van der Waals surface area contributed by atoms with Crippen molar-refractivity contribution in [1.82, 2.24) is 20.3 Å². The lowest BCUT2D eigenvalue weighted by Gasteiger charge is -2.05. The number of aromatic nitrogens is 3. The smallest absolute Gasteiger partial charge is 0.281 e. The van der Waals surface area contributed by atoms with Gasteiger partial charge in [0.1, 0.15) is 11.4 Å². The van der Waals surface area contributed by atoms with Crippen molar-refractivity contribution in [1.29, 1.82) is 0 Å². The van der Waals surface area contributed by atoms with E-state index in [-0.39, 0.29) is 5.69 Å².